The van der Waals surface area contributed by atoms with Crippen LogP contribution in [0.5, 0.6) is 11.5 Å². The summed E-state index contributed by atoms with van der Waals surface area (Å²) in [6.07, 6.45) is 0. The van der Waals surface area contributed by atoms with E-state index in [4.69, 9.17) is 9.47 Å². The van der Waals surface area contributed by atoms with Crippen molar-refractivity contribution in [1.82, 2.24) is 0 Å². The third kappa shape index (κ3) is 3.49. The fraction of sp³-hybridized carbons (Fsp3) is 0.150. The molecule has 24 heavy (non-hydrogen) atoms. The van der Waals surface area contributed by atoms with Gasteiger partial charge in [0.2, 0.25) is 0 Å². The van der Waals surface area contributed by atoms with Crippen molar-refractivity contribution in [3.8, 4) is 11.5 Å². The fourth-order valence-corrected chi connectivity index (χ4v) is 2.49. The SMILES string of the molecule is CCOC(=O)c1cc(O)c2ccc(OCc3ccccc3)cc2c1. The predicted molar refractivity (Wildman–Crippen MR) is 92.3 cm³/mol. The summed E-state index contributed by atoms with van der Waals surface area (Å²) < 4.78 is 10.8. The van der Waals surface area contributed by atoms with Crippen LogP contribution in [0.1, 0.15) is 22.8 Å². The molecule has 4 heteroatoms. The topological polar surface area (TPSA) is 55.8 Å². The van der Waals surface area contributed by atoms with Gasteiger partial charge < -0.3 is 14.6 Å². The summed E-state index contributed by atoms with van der Waals surface area (Å²) in [5, 5.41) is 11.5. The molecular formula is C20H18O4. The highest BCUT2D eigenvalue weighted by molar-refractivity contribution is 5.98. The van der Waals surface area contributed by atoms with Crippen molar-refractivity contribution >= 4 is 16.7 Å². The summed E-state index contributed by atoms with van der Waals surface area (Å²) >= 11 is 0. The Kier molecular flexibility index (Phi) is 4.66. The molecule has 3 aromatic carbocycles. The second-order valence-electron chi connectivity index (χ2n) is 5.37. The number of carbonyl (C=O) groups is 1. The highest BCUT2D eigenvalue weighted by atomic mass is 16.5. The minimum atomic E-state index is -0.453. The Bertz CT molecular complexity index is 856. The van der Waals surface area contributed by atoms with Gasteiger partial charge in [-0.1, -0.05) is 30.3 Å². The number of benzene rings is 3. The van der Waals surface area contributed by atoms with E-state index in [0.29, 0.717) is 23.3 Å². The Morgan fingerprint density at radius 2 is 1.83 bits per heavy atom. The smallest absolute Gasteiger partial charge is 0.338 e. The van der Waals surface area contributed by atoms with Crippen LogP contribution in [-0.4, -0.2) is 17.7 Å². The number of carbonyl (C=O) groups excluding carboxylic acids is 1. The first kappa shape index (κ1) is 15.9. The number of fused-ring (bicyclic) bond motifs is 1. The van der Waals surface area contributed by atoms with Gasteiger partial charge in [-0.3, -0.25) is 0 Å². The van der Waals surface area contributed by atoms with Crippen LogP contribution in [0.15, 0.2) is 60.7 Å². The molecule has 0 spiro atoms. The molecule has 0 radical (unpaired) electrons. The van der Waals surface area contributed by atoms with Gasteiger partial charge in [0.05, 0.1) is 12.2 Å². The Morgan fingerprint density at radius 1 is 1.04 bits per heavy atom. The zero-order valence-corrected chi connectivity index (χ0v) is 13.4. The Balaban J connectivity index is 1.87. The van der Waals surface area contributed by atoms with E-state index < -0.39 is 5.97 Å². The summed E-state index contributed by atoms with van der Waals surface area (Å²) in [7, 11) is 0. The second-order valence-corrected chi connectivity index (χ2v) is 5.37. The average molecular weight is 322 g/mol. The van der Waals surface area contributed by atoms with Gasteiger partial charge in [-0.15, -0.1) is 0 Å². The summed E-state index contributed by atoms with van der Waals surface area (Å²) in [5.74, 6) is 0.266. The molecule has 122 valence electrons. The summed E-state index contributed by atoms with van der Waals surface area (Å²) in [6, 6.07) is 18.4. The number of esters is 1. The molecule has 0 saturated carbocycles. The van der Waals surface area contributed by atoms with Crippen molar-refractivity contribution in [3.63, 3.8) is 0 Å². The van der Waals surface area contributed by atoms with Crippen LogP contribution in [0.3, 0.4) is 0 Å². The highest BCUT2D eigenvalue weighted by Gasteiger charge is 2.11. The monoisotopic (exact) mass is 322 g/mol. The molecule has 4 nitrogen and oxygen atoms in total. The van der Waals surface area contributed by atoms with Gasteiger partial charge in [-0.25, -0.2) is 4.79 Å². The number of aromatic hydroxyl groups is 1. The first-order valence-corrected chi connectivity index (χ1v) is 7.78. The van der Waals surface area contributed by atoms with E-state index in [1.54, 1.807) is 31.2 Å². The van der Waals surface area contributed by atoms with Crippen LogP contribution in [0.2, 0.25) is 0 Å². The van der Waals surface area contributed by atoms with Crippen molar-refractivity contribution in [1.29, 1.82) is 0 Å². The fourth-order valence-electron chi connectivity index (χ4n) is 2.49. The molecule has 0 amide bonds. The highest BCUT2D eigenvalue weighted by Crippen LogP contribution is 2.30. The van der Waals surface area contributed by atoms with E-state index in [-0.39, 0.29) is 12.4 Å². The van der Waals surface area contributed by atoms with E-state index in [1.165, 1.54) is 6.07 Å². The Morgan fingerprint density at radius 3 is 2.58 bits per heavy atom. The van der Waals surface area contributed by atoms with Crippen LogP contribution in [-0.2, 0) is 11.3 Å². The van der Waals surface area contributed by atoms with Crippen molar-refractivity contribution in [3.05, 3.63) is 71.8 Å². The maximum Gasteiger partial charge on any atom is 0.338 e. The Labute approximate surface area is 140 Å². The maximum atomic E-state index is 11.9. The Hall–Kier alpha value is -3.01. The second kappa shape index (κ2) is 7.04. The number of hydrogen-bond donors (Lipinski definition) is 1. The van der Waals surface area contributed by atoms with Gasteiger partial charge in [-0.2, -0.15) is 0 Å². The van der Waals surface area contributed by atoms with Gasteiger partial charge >= 0.3 is 5.97 Å². The zero-order valence-electron chi connectivity index (χ0n) is 13.4. The normalized spacial score (nSPS) is 10.5. The predicted octanol–water partition coefficient (Wildman–Crippen LogP) is 4.30. The van der Waals surface area contributed by atoms with Gasteiger partial charge in [-0.05, 0) is 48.2 Å². The lowest BCUT2D eigenvalue weighted by atomic mass is 10.1. The van der Waals surface area contributed by atoms with Crippen molar-refractivity contribution in [2.45, 2.75) is 13.5 Å². The number of phenolic OH excluding ortho intramolecular Hbond substituents is 1. The first-order valence-electron chi connectivity index (χ1n) is 7.78. The standard InChI is InChI=1S/C20H18O4/c1-2-23-20(22)16-10-15-11-17(8-9-18(15)19(21)12-16)24-13-14-6-4-3-5-7-14/h3-12,21H,2,13H2,1H3. The number of rotatable bonds is 5. The molecule has 3 rings (SSSR count). The molecular weight excluding hydrogens is 304 g/mol. The quantitative estimate of drug-likeness (QED) is 0.712. The molecule has 0 heterocycles. The third-order valence-electron chi connectivity index (χ3n) is 3.66. The van der Waals surface area contributed by atoms with Gasteiger partial charge in [0.15, 0.2) is 0 Å². The molecule has 0 aliphatic heterocycles. The number of phenols is 1. The molecule has 0 saturated heterocycles. The van der Waals surface area contributed by atoms with Gasteiger partial charge in [0.25, 0.3) is 0 Å². The lowest BCUT2D eigenvalue weighted by Crippen LogP contribution is -2.04. The largest absolute Gasteiger partial charge is 0.507 e. The molecule has 0 atom stereocenters. The van der Waals surface area contributed by atoms with Crippen LogP contribution < -0.4 is 4.74 Å². The molecule has 0 aliphatic carbocycles. The maximum absolute atomic E-state index is 11.9. The number of hydrogen-bond acceptors (Lipinski definition) is 4. The van der Waals surface area contributed by atoms with E-state index in [9.17, 15) is 9.90 Å². The van der Waals surface area contributed by atoms with E-state index in [2.05, 4.69) is 0 Å². The molecule has 0 aliphatic rings. The zero-order chi connectivity index (χ0) is 16.9. The van der Waals surface area contributed by atoms with Gasteiger partial charge in [0, 0.05) is 5.39 Å². The molecule has 3 aromatic rings. The molecule has 1 N–H and O–H groups in total. The first-order chi connectivity index (χ1) is 11.7. The lowest BCUT2D eigenvalue weighted by Gasteiger charge is -2.10. The van der Waals surface area contributed by atoms with Crippen molar-refractivity contribution < 1.29 is 19.4 Å². The van der Waals surface area contributed by atoms with Crippen LogP contribution in [0.4, 0.5) is 0 Å². The van der Waals surface area contributed by atoms with Crippen LogP contribution in [0.25, 0.3) is 10.8 Å². The van der Waals surface area contributed by atoms with Gasteiger partial charge in [0.1, 0.15) is 18.1 Å². The average Bonchev–Trinajstić information content (AvgIpc) is 2.60. The van der Waals surface area contributed by atoms with Crippen LogP contribution >= 0.6 is 0 Å². The number of ether oxygens (including phenoxy) is 2. The summed E-state index contributed by atoms with van der Waals surface area (Å²) in [5.41, 5.74) is 1.39. The molecule has 0 fully saturated rings. The van der Waals surface area contributed by atoms with E-state index in [0.717, 1.165) is 10.9 Å². The summed E-state index contributed by atoms with van der Waals surface area (Å²) in [4.78, 5) is 11.9. The minimum Gasteiger partial charge on any atom is -0.507 e. The van der Waals surface area contributed by atoms with E-state index in [1.807, 2.05) is 30.3 Å². The lowest BCUT2D eigenvalue weighted by molar-refractivity contribution is 0.0526. The molecule has 0 aromatic heterocycles. The van der Waals surface area contributed by atoms with E-state index >= 15 is 0 Å². The third-order valence-corrected chi connectivity index (χ3v) is 3.66. The minimum absolute atomic E-state index is 0.0464. The van der Waals surface area contributed by atoms with Crippen molar-refractivity contribution in [2.75, 3.05) is 6.61 Å². The molecule has 0 bridgehead atoms. The van der Waals surface area contributed by atoms with Crippen LogP contribution in [0, 0.1) is 0 Å². The molecule has 0 unspecified atom stereocenters. The summed E-state index contributed by atoms with van der Waals surface area (Å²) in [6.45, 7) is 2.49. The van der Waals surface area contributed by atoms with Crippen molar-refractivity contribution in [2.24, 2.45) is 0 Å².